The van der Waals surface area contributed by atoms with Crippen LogP contribution >= 0.6 is 0 Å². The SMILES string of the molecule is COC(=O)[C@@H]1[C@@H](C(C)C)N1[S@@](=O)c1ccc(C)cc1. The zero-order valence-corrected chi connectivity index (χ0v) is 12.4. The summed E-state index contributed by atoms with van der Waals surface area (Å²) in [7, 11) is 0.0634. The van der Waals surface area contributed by atoms with Gasteiger partial charge in [0.25, 0.3) is 0 Å². The first-order valence-corrected chi connectivity index (χ1v) is 7.42. The van der Waals surface area contributed by atoms with Crippen molar-refractivity contribution in [1.82, 2.24) is 4.31 Å². The normalized spacial score (nSPS) is 27.1. The van der Waals surface area contributed by atoms with Crippen LogP contribution in [0.3, 0.4) is 0 Å². The van der Waals surface area contributed by atoms with Gasteiger partial charge < -0.3 is 4.74 Å². The Hall–Kier alpha value is -1.20. The number of hydrogen-bond acceptors (Lipinski definition) is 3. The van der Waals surface area contributed by atoms with Gasteiger partial charge in [-0.3, -0.25) is 4.79 Å². The molecule has 104 valence electrons. The standard InChI is InChI=1S/C14H19NO3S/c1-9(2)12-13(14(16)18-4)15(12)19(17)11-7-5-10(3)6-8-11/h5-9,12-13H,1-4H3/t12-,13+,15?,19+/m1/s1. The highest BCUT2D eigenvalue weighted by atomic mass is 32.2. The molecule has 4 atom stereocenters. The van der Waals surface area contributed by atoms with Gasteiger partial charge in [0.1, 0.15) is 17.0 Å². The minimum Gasteiger partial charge on any atom is -0.468 e. The number of nitrogens with zero attached hydrogens (tertiary/aromatic N) is 1. The van der Waals surface area contributed by atoms with E-state index in [9.17, 15) is 9.00 Å². The fourth-order valence-corrected chi connectivity index (χ4v) is 3.80. The molecule has 1 saturated heterocycles. The molecule has 1 heterocycles. The van der Waals surface area contributed by atoms with Crippen LogP contribution in [0.1, 0.15) is 19.4 Å². The summed E-state index contributed by atoms with van der Waals surface area (Å²) in [6, 6.07) is 7.15. The molecule has 2 rings (SSSR count). The van der Waals surface area contributed by atoms with E-state index < -0.39 is 11.0 Å². The van der Waals surface area contributed by atoms with Crippen LogP contribution < -0.4 is 0 Å². The molecular weight excluding hydrogens is 262 g/mol. The molecule has 19 heavy (non-hydrogen) atoms. The van der Waals surface area contributed by atoms with Gasteiger partial charge in [-0.15, -0.1) is 0 Å². The van der Waals surface area contributed by atoms with Crippen molar-refractivity contribution in [2.24, 2.45) is 5.92 Å². The molecule has 1 unspecified atom stereocenters. The summed E-state index contributed by atoms with van der Waals surface area (Å²) in [6.07, 6.45) is 0. The molecule has 0 aliphatic carbocycles. The number of esters is 1. The minimum atomic E-state index is -1.30. The number of benzene rings is 1. The molecule has 0 saturated carbocycles. The van der Waals surface area contributed by atoms with E-state index in [1.165, 1.54) is 7.11 Å². The number of methoxy groups -OCH3 is 1. The number of carbonyl (C=O) groups is 1. The summed E-state index contributed by atoms with van der Waals surface area (Å²) >= 11 is 0. The van der Waals surface area contributed by atoms with Crippen LogP contribution in [0.5, 0.6) is 0 Å². The highest BCUT2D eigenvalue weighted by Gasteiger charge is 2.58. The lowest BCUT2D eigenvalue weighted by Gasteiger charge is -2.06. The third kappa shape index (κ3) is 2.72. The lowest BCUT2D eigenvalue weighted by atomic mass is 10.1. The number of ether oxygens (including phenoxy) is 1. The van der Waals surface area contributed by atoms with E-state index >= 15 is 0 Å². The van der Waals surface area contributed by atoms with E-state index in [4.69, 9.17) is 4.74 Å². The van der Waals surface area contributed by atoms with Gasteiger partial charge in [-0.05, 0) is 25.0 Å². The zero-order chi connectivity index (χ0) is 14.2. The average molecular weight is 281 g/mol. The second-order valence-corrected chi connectivity index (χ2v) is 6.52. The molecule has 0 aromatic heterocycles. The van der Waals surface area contributed by atoms with Gasteiger partial charge in [0.2, 0.25) is 0 Å². The van der Waals surface area contributed by atoms with Crippen LogP contribution in [-0.2, 0) is 20.5 Å². The second-order valence-electron chi connectivity index (χ2n) is 5.12. The van der Waals surface area contributed by atoms with Crippen LogP contribution in [0.2, 0.25) is 0 Å². The molecule has 0 spiro atoms. The molecule has 0 bridgehead atoms. The van der Waals surface area contributed by atoms with Crippen LogP contribution in [0.15, 0.2) is 29.2 Å². The zero-order valence-electron chi connectivity index (χ0n) is 11.6. The third-order valence-electron chi connectivity index (χ3n) is 3.34. The quantitative estimate of drug-likeness (QED) is 0.625. The van der Waals surface area contributed by atoms with E-state index in [1.807, 2.05) is 45.0 Å². The van der Waals surface area contributed by atoms with E-state index in [2.05, 4.69) is 0 Å². The average Bonchev–Trinajstić information content (AvgIpc) is 3.13. The highest BCUT2D eigenvalue weighted by molar-refractivity contribution is 7.83. The van der Waals surface area contributed by atoms with Crippen molar-refractivity contribution in [3.8, 4) is 0 Å². The maximum Gasteiger partial charge on any atom is 0.325 e. The predicted molar refractivity (Wildman–Crippen MR) is 73.9 cm³/mol. The van der Waals surface area contributed by atoms with Gasteiger partial charge >= 0.3 is 5.97 Å². The topological polar surface area (TPSA) is 46.4 Å². The Morgan fingerprint density at radius 2 is 1.89 bits per heavy atom. The van der Waals surface area contributed by atoms with Gasteiger partial charge in [0.05, 0.1) is 18.0 Å². The van der Waals surface area contributed by atoms with E-state index in [0.717, 1.165) is 10.5 Å². The van der Waals surface area contributed by atoms with Crippen molar-refractivity contribution < 1.29 is 13.7 Å². The van der Waals surface area contributed by atoms with Gasteiger partial charge in [-0.2, -0.15) is 4.31 Å². The number of aryl methyl sites for hydroxylation is 1. The summed E-state index contributed by atoms with van der Waals surface area (Å²) in [4.78, 5) is 12.4. The molecule has 1 fully saturated rings. The summed E-state index contributed by atoms with van der Waals surface area (Å²) < 4.78 is 19.0. The van der Waals surface area contributed by atoms with E-state index in [0.29, 0.717) is 0 Å². The predicted octanol–water partition coefficient (Wildman–Crippen LogP) is 1.90. The number of carbonyl (C=O) groups excluding carboxylic acids is 1. The summed E-state index contributed by atoms with van der Waals surface area (Å²) in [5.74, 6) is -0.0438. The first-order valence-electron chi connectivity index (χ1n) is 6.32. The molecule has 0 amide bonds. The Morgan fingerprint density at radius 1 is 1.32 bits per heavy atom. The molecule has 5 heteroatoms. The summed E-state index contributed by atoms with van der Waals surface area (Å²) in [5.41, 5.74) is 1.12. The molecule has 1 aromatic carbocycles. The Labute approximate surface area is 116 Å². The van der Waals surface area contributed by atoms with Gasteiger partial charge in [0.15, 0.2) is 0 Å². The number of rotatable bonds is 4. The Bertz CT molecular complexity index is 498. The van der Waals surface area contributed by atoms with Gasteiger partial charge in [0, 0.05) is 0 Å². The van der Waals surface area contributed by atoms with Crippen LogP contribution in [0.25, 0.3) is 0 Å². The Morgan fingerprint density at radius 3 is 2.37 bits per heavy atom. The molecule has 1 aliphatic heterocycles. The van der Waals surface area contributed by atoms with Crippen LogP contribution in [0.4, 0.5) is 0 Å². The maximum atomic E-state index is 12.5. The van der Waals surface area contributed by atoms with Crippen molar-refractivity contribution >= 4 is 17.0 Å². The third-order valence-corrected chi connectivity index (χ3v) is 4.87. The maximum absolute atomic E-state index is 12.5. The van der Waals surface area contributed by atoms with Crippen molar-refractivity contribution in [2.75, 3.05) is 7.11 Å². The van der Waals surface area contributed by atoms with Gasteiger partial charge in [-0.1, -0.05) is 31.5 Å². The van der Waals surface area contributed by atoms with Crippen molar-refractivity contribution in [2.45, 2.75) is 37.8 Å². The lowest BCUT2D eigenvalue weighted by Crippen LogP contribution is -2.16. The first kappa shape index (κ1) is 14.2. The van der Waals surface area contributed by atoms with E-state index in [1.54, 1.807) is 4.31 Å². The fourth-order valence-electron chi connectivity index (χ4n) is 2.24. The largest absolute Gasteiger partial charge is 0.468 e. The molecule has 1 aromatic rings. The Kier molecular flexibility index (Phi) is 4.06. The Balaban J connectivity index is 2.19. The second kappa shape index (κ2) is 5.43. The molecule has 0 N–H and O–H groups in total. The van der Waals surface area contributed by atoms with Crippen molar-refractivity contribution in [1.29, 1.82) is 0 Å². The smallest absolute Gasteiger partial charge is 0.325 e. The molecule has 4 nitrogen and oxygen atoms in total. The lowest BCUT2D eigenvalue weighted by molar-refractivity contribution is -0.140. The van der Waals surface area contributed by atoms with Crippen LogP contribution in [0, 0.1) is 12.8 Å². The van der Waals surface area contributed by atoms with Crippen molar-refractivity contribution in [3.63, 3.8) is 0 Å². The monoisotopic (exact) mass is 281 g/mol. The molecule has 0 radical (unpaired) electrons. The molecule has 1 aliphatic rings. The van der Waals surface area contributed by atoms with Crippen molar-refractivity contribution in [3.05, 3.63) is 29.8 Å². The van der Waals surface area contributed by atoms with E-state index in [-0.39, 0.29) is 24.0 Å². The summed E-state index contributed by atoms with van der Waals surface area (Å²) in [5, 5.41) is 0. The first-order chi connectivity index (χ1) is 8.97. The summed E-state index contributed by atoms with van der Waals surface area (Å²) in [6.45, 7) is 6.03. The van der Waals surface area contributed by atoms with Crippen LogP contribution in [-0.4, -0.2) is 33.7 Å². The fraction of sp³-hybridized carbons (Fsp3) is 0.500. The number of hydrogen-bond donors (Lipinski definition) is 0. The van der Waals surface area contributed by atoms with Gasteiger partial charge in [-0.25, -0.2) is 4.21 Å². The minimum absolute atomic E-state index is 0.00501. The molecular formula is C14H19NO3S. The highest BCUT2D eigenvalue weighted by Crippen LogP contribution is 2.38.